The van der Waals surface area contributed by atoms with Crippen LogP contribution in [0.15, 0.2) is 96.4 Å². The van der Waals surface area contributed by atoms with Crippen molar-refractivity contribution in [2.75, 3.05) is 6.61 Å². The van der Waals surface area contributed by atoms with Gasteiger partial charge in [0.25, 0.3) is 0 Å². The van der Waals surface area contributed by atoms with E-state index < -0.39 is 5.60 Å². The van der Waals surface area contributed by atoms with Crippen LogP contribution in [0.5, 0.6) is 5.75 Å². The van der Waals surface area contributed by atoms with E-state index in [2.05, 4.69) is 79.0 Å². The Bertz CT molecular complexity index is 1540. The maximum atomic E-state index is 13.0. The minimum atomic E-state index is -0.577. The number of hydrogen-bond donors (Lipinski definition) is 0. The van der Waals surface area contributed by atoms with Crippen molar-refractivity contribution < 1.29 is 14.3 Å². The monoisotopic (exact) mass is 493 g/mol. The average Bonchev–Trinajstić information content (AvgIpc) is 3.53. The zero-order valence-corrected chi connectivity index (χ0v) is 21.2. The van der Waals surface area contributed by atoms with Crippen LogP contribution in [0.25, 0.3) is 25.8 Å². The van der Waals surface area contributed by atoms with Crippen molar-refractivity contribution in [1.29, 1.82) is 0 Å². The van der Waals surface area contributed by atoms with Gasteiger partial charge in [-0.25, -0.2) is 4.79 Å². The number of benzene rings is 4. The summed E-state index contributed by atoms with van der Waals surface area (Å²) >= 11 is 0. The fourth-order valence-electron chi connectivity index (χ4n) is 5.55. The fourth-order valence-corrected chi connectivity index (χ4v) is 7.67. The van der Waals surface area contributed by atoms with Crippen molar-refractivity contribution in [1.82, 2.24) is 0 Å². The number of esters is 1. The number of carbonyl (C=O) groups excluding carboxylic acids is 1. The molecule has 0 saturated heterocycles. The Labute approximate surface area is 214 Å². The summed E-state index contributed by atoms with van der Waals surface area (Å²) in [4.78, 5) is 14.2. The van der Waals surface area contributed by atoms with E-state index in [0.29, 0.717) is 5.75 Å². The zero-order chi connectivity index (χ0) is 24.5. The van der Waals surface area contributed by atoms with Crippen LogP contribution >= 0.6 is 10.5 Å². The number of carbonyl (C=O) groups is 1. The smallest absolute Gasteiger partial charge is 0.345 e. The van der Waals surface area contributed by atoms with Crippen LogP contribution in [-0.4, -0.2) is 12.6 Å². The van der Waals surface area contributed by atoms with E-state index in [9.17, 15) is 4.79 Å². The Morgan fingerprint density at radius 3 is 2.33 bits per heavy atom. The first-order valence-corrected chi connectivity index (χ1v) is 13.9. The normalized spacial score (nSPS) is 15.3. The lowest BCUT2D eigenvalue weighted by atomic mass is 9.87. The lowest BCUT2D eigenvalue weighted by Crippen LogP contribution is -2.32. The minimum Gasteiger partial charge on any atom is -0.482 e. The fraction of sp³-hybridized carbons (Fsp3) is 0.219. The van der Waals surface area contributed by atoms with Crippen molar-refractivity contribution in [3.63, 3.8) is 0 Å². The molecule has 5 aromatic rings. The molecule has 0 bridgehead atoms. The second kappa shape index (κ2) is 9.44. The van der Waals surface area contributed by atoms with Gasteiger partial charge in [-0.3, -0.25) is 0 Å². The van der Waals surface area contributed by atoms with E-state index in [1.165, 1.54) is 25.9 Å². The van der Waals surface area contributed by atoms with Gasteiger partial charge in [0.05, 0.1) is 0 Å². The molecule has 4 aromatic carbocycles. The first-order chi connectivity index (χ1) is 17.6. The third kappa shape index (κ3) is 4.16. The van der Waals surface area contributed by atoms with E-state index in [4.69, 9.17) is 9.47 Å². The maximum Gasteiger partial charge on any atom is 0.345 e. The Kier molecular flexibility index (Phi) is 5.98. The van der Waals surface area contributed by atoms with Gasteiger partial charge in [-0.1, -0.05) is 54.6 Å². The standard InChI is InChI=1S/C32H29O3S/c1-23-22-36(30-14-5-4-11-27(23)30)26-17-15-25(16-18-26)34-21-31(33)35-32(19-6-7-20-32)29-13-8-10-24-9-2-3-12-28(24)29/h2-5,8-18,22H,6-7,19-21H2,1H3/q+1. The van der Waals surface area contributed by atoms with E-state index >= 15 is 0 Å². The second-order valence-corrected chi connectivity index (χ2v) is 11.4. The van der Waals surface area contributed by atoms with Gasteiger partial charge < -0.3 is 9.47 Å². The third-order valence-corrected chi connectivity index (χ3v) is 9.48. The summed E-state index contributed by atoms with van der Waals surface area (Å²) in [5.74, 6) is 0.359. The first kappa shape index (κ1) is 22.8. The van der Waals surface area contributed by atoms with Gasteiger partial charge in [0.2, 0.25) is 0 Å². The Morgan fingerprint density at radius 1 is 0.833 bits per heavy atom. The molecule has 3 nitrogen and oxygen atoms in total. The molecular weight excluding hydrogens is 464 g/mol. The molecule has 1 unspecified atom stereocenters. The van der Waals surface area contributed by atoms with E-state index in [1.54, 1.807) is 0 Å². The molecule has 1 fully saturated rings. The van der Waals surface area contributed by atoms with Crippen LogP contribution < -0.4 is 4.74 Å². The zero-order valence-electron chi connectivity index (χ0n) is 20.4. The molecule has 1 heterocycles. The predicted octanol–water partition coefficient (Wildman–Crippen LogP) is 8.43. The van der Waals surface area contributed by atoms with Crippen LogP contribution in [0.1, 0.15) is 36.8 Å². The summed E-state index contributed by atoms with van der Waals surface area (Å²) in [6, 6.07) is 31.3. The Balaban J connectivity index is 1.17. The predicted molar refractivity (Wildman–Crippen MR) is 148 cm³/mol. The number of rotatable bonds is 6. The van der Waals surface area contributed by atoms with Gasteiger partial charge in [-0.05, 0) is 67.6 Å². The van der Waals surface area contributed by atoms with Gasteiger partial charge in [0.1, 0.15) is 16.7 Å². The van der Waals surface area contributed by atoms with Crippen molar-refractivity contribution in [3.8, 4) is 10.6 Å². The molecule has 1 aromatic heterocycles. The molecule has 1 atom stereocenters. The van der Waals surface area contributed by atoms with E-state index in [0.717, 1.165) is 36.6 Å². The quantitative estimate of drug-likeness (QED) is 0.176. The molecule has 6 rings (SSSR count). The van der Waals surface area contributed by atoms with Crippen molar-refractivity contribution >= 4 is 37.3 Å². The lowest BCUT2D eigenvalue weighted by Gasteiger charge is -2.31. The molecule has 1 saturated carbocycles. The molecule has 1 aliphatic rings. The number of hydrogen-bond acceptors (Lipinski definition) is 3. The van der Waals surface area contributed by atoms with Gasteiger partial charge in [-0.2, -0.15) is 0 Å². The van der Waals surface area contributed by atoms with Gasteiger partial charge in [0, 0.05) is 39.1 Å². The number of fused-ring (bicyclic) bond motifs is 2. The molecule has 1 aliphatic carbocycles. The number of aryl methyl sites for hydroxylation is 1. The Morgan fingerprint density at radius 2 is 1.53 bits per heavy atom. The summed E-state index contributed by atoms with van der Waals surface area (Å²) in [5.41, 5.74) is 1.85. The lowest BCUT2D eigenvalue weighted by molar-refractivity contribution is -0.163. The highest BCUT2D eigenvalue weighted by Gasteiger charge is 2.40. The molecule has 0 spiro atoms. The molecule has 36 heavy (non-hydrogen) atoms. The molecule has 0 amide bonds. The minimum absolute atomic E-state index is 0.0678. The van der Waals surface area contributed by atoms with E-state index in [1.807, 2.05) is 24.3 Å². The van der Waals surface area contributed by atoms with E-state index in [-0.39, 0.29) is 23.0 Å². The van der Waals surface area contributed by atoms with Crippen LogP contribution in [0, 0.1) is 6.92 Å². The molecule has 0 radical (unpaired) electrons. The number of thiophene rings is 1. The summed E-state index contributed by atoms with van der Waals surface area (Å²) in [6.07, 6.45) is 3.80. The summed E-state index contributed by atoms with van der Waals surface area (Å²) in [6.45, 7) is 2.07. The maximum absolute atomic E-state index is 13.0. The summed E-state index contributed by atoms with van der Waals surface area (Å²) in [5, 5.41) is 6.00. The highest BCUT2D eigenvalue weighted by molar-refractivity contribution is 7.43. The first-order valence-electron chi connectivity index (χ1n) is 12.6. The average molecular weight is 494 g/mol. The van der Waals surface area contributed by atoms with Gasteiger partial charge in [-0.15, -0.1) is 0 Å². The topological polar surface area (TPSA) is 35.5 Å². The van der Waals surface area contributed by atoms with Crippen LogP contribution in [0.4, 0.5) is 0 Å². The van der Waals surface area contributed by atoms with Gasteiger partial charge in [0.15, 0.2) is 16.2 Å². The third-order valence-electron chi connectivity index (χ3n) is 7.28. The van der Waals surface area contributed by atoms with Crippen molar-refractivity contribution in [2.45, 2.75) is 38.2 Å². The highest BCUT2D eigenvalue weighted by atomic mass is 32.2. The molecule has 180 valence electrons. The summed E-state index contributed by atoms with van der Waals surface area (Å²) < 4.78 is 13.4. The largest absolute Gasteiger partial charge is 0.482 e. The molecule has 0 N–H and O–H groups in total. The number of ether oxygens (including phenoxy) is 2. The molecule has 0 aliphatic heterocycles. The van der Waals surface area contributed by atoms with Crippen molar-refractivity contribution in [3.05, 3.63) is 108 Å². The van der Waals surface area contributed by atoms with Crippen LogP contribution in [0.2, 0.25) is 0 Å². The summed E-state index contributed by atoms with van der Waals surface area (Å²) in [7, 11) is -0.0678. The highest BCUT2D eigenvalue weighted by Crippen LogP contribution is 2.45. The molecular formula is C32H29O3S+. The van der Waals surface area contributed by atoms with Gasteiger partial charge >= 0.3 is 5.97 Å². The molecule has 4 heteroatoms. The van der Waals surface area contributed by atoms with Crippen LogP contribution in [0.3, 0.4) is 0 Å². The SMILES string of the molecule is Cc1c[s+](-c2ccc(OCC(=O)OC3(c4cccc5ccccc45)CCCC3)cc2)c2ccccc12. The Hall–Kier alpha value is -3.63. The van der Waals surface area contributed by atoms with Crippen molar-refractivity contribution in [2.24, 2.45) is 0 Å². The second-order valence-electron chi connectivity index (χ2n) is 9.60. The van der Waals surface area contributed by atoms with Crippen LogP contribution in [-0.2, 0) is 15.1 Å².